The summed E-state index contributed by atoms with van der Waals surface area (Å²) in [7, 11) is 0. The van der Waals surface area contributed by atoms with E-state index in [4.69, 9.17) is 0 Å². The number of nitrogens with one attached hydrogen (secondary N) is 1. The van der Waals surface area contributed by atoms with E-state index in [2.05, 4.69) is 16.4 Å². The molecular weight excluding hydrogens is 358 g/mol. The van der Waals surface area contributed by atoms with Gasteiger partial charge in [0.05, 0.1) is 15.2 Å². The summed E-state index contributed by atoms with van der Waals surface area (Å²) in [5.41, 5.74) is 2.61. The van der Waals surface area contributed by atoms with Gasteiger partial charge < -0.3 is 10.2 Å². The molecule has 0 saturated carbocycles. The van der Waals surface area contributed by atoms with Crippen molar-refractivity contribution in [1.29, 1.82) is 0 Å². The lowest BCUT2D eigenvalue weighted by Crippen LogP contribution is -2.23. The van der Waals surface area contributed by atoms with Crippen molar-refractivity contribution < 1.29 is 9.59 Å². The van der Waals surface area contributed by atoms with E-state index in [1.807, 2.05) is 42.5 Å². The van der Waals surface area contributed by atoms with Crippen LogP contribution in [0.5, 0.6) is 0 Å². The fourth-order valence-corrected chi connectivity index (χ4v) is 4.33. The maximum atomic E-state index is 12.3. The summed E-state index contributed by atoms with van der Waals surface area (Å²) >= 11 is 1.69. The number of benzene rings is 2. The number of nitrogens with zero attached hydrogens (tertiary/aromatic N) is 2. The van der Waals surface area contributed by atoms with Crippen LogP contribution in [-0.2, 0) is 16.0 Å². The van der Waals surface area contributed by atoms with Crippen molar-refractivity contribution >= 4 is 44.7 Å². The molecule has 0 aliphatic carbocycles. The molecule has 3 aromatic rings. The van der Waals surface area contributed by atoms with E-state index in [0.29, 0.717) is 12.8 Å². The van der Waals surface area contributed by atoms with Crippen LogP contribution in [0.1, 0.15) is 30.7 Å². The number of rotatable bonds is 6. The first-order valence-electron chi connectivity index (χ1n) is 9.24. The van der Waals surface area contributed by atoms with Crippen molar-refractivity contribution in [2.24, 2.45) is 0 Å². The third-order valence-corrected chi connectivity index (χ3v) is 5.74. The molecule has 5 nitrogen and oxygen atoms in total. The van der Waals surface area contributed by atoms with E-state index in [9.17, 15) is 9.59 Å². The standard InChI is InChI=1S/C21H21N3O2S/c25-19(10-4-11-20-23-17-8-1-2-9-18(17)27-20)22-15-6-3-7-16(14-15)24-13-5-12-21(24)26/h1-3,6-9,14H,4-5,10-13H2,(H,22,25). The predicted octanol–water partition coefficient (Wildman–Crippen LogP) is 4.38. The summed E-state index contributed by atoms with van der Waals surface area (Å²) < 4.78 is 1.19. The number of carbonyl (C=O) groups excluding carboxylic acids is 2. The molecule has 1 aliphatic rings. The zero-order valence-electron chi connectivity index (χ0n) is 15.0. The Morgan fingerprint density at radius 1 is 1.19 bits per heavy atom. The number of amides is 2. The van der Waals surface area contributed by atoms with Crippen molar-refractivity contribution in [3.05, 3.63) is 53.5 Å². The highest BCUT2D eigenvalue weighted by Crippen LogP contribution is 2.25. The molecule has 2 amide bonds. The van der Waals surface area contributed by atoms with Gasteiger partial charge >= 0.3 is 0 Å². The second-order valence-corrected chi connectivity index (χ2v) is 7.79. The summed E-state index contributed by atoms with van der Waals surface area (Å²) in [4.78, 5) is 30.5. The number of aromatic nitrogens is 1. The third-order valence-electron chi connectivity index (χ3n) is 4.65. The van der Waals surface area contributed by atoms with Crippen LogP contribution in [0.4, 0.5) is 11.4 Å². The summed E-state index contributed by atoms with van der Waals surface area (Å²) in [5.74, 6) is 0.135. The normalized spacial score (nSPS) is 14.1. The van der Waals surface area contributed by atoms with Gasteiger partial charge in [-0.3, -0.25) is 9.59 Å². The van der Waals surface area contributed by atoms with Gasteiger partial charge in [0.1, 0.15) is 0 Å². The van der Waals surface area contributed by atoms with Crippen LogP contribution in [0.25, 0.3) is 10.2 Å². The van der Waals surface area contributed by atoms with Crippen LogP contribution >= 0.6 is 11.3 Å². The fourth-order valence-electron chi connectivity index (χ4n) is 3.32. The van der Waals surface area contributed by atoms with Gasteiger partial charge in [0.25, 0.3) is 0 Å². The van der Waals surface area contributed by atoms with Crippen LogP contribution in [0.2, 0.25) is 0 Å². The molecule has 1 saturated heterocycles. The summed E-state index contributed by atoms with van der Waals surface area (Å²) in [6.07, 6.45) is 3.50. The maximum absolute atomic E-state index is 12.3. The summed E-state index contributed by atoms with van der Waals surface area (Å²) in [6, 6.07) is 15.6. The van der Waals surface area contributed by atoms with Crippen molar-refractivity contribution in [2.45, 2.75) is 32.1 Å². The molecule has 0 bridgehead atoms. The number of anilines is 2. The highest BCUT2D eigenvalue weighted by Gasteiger charge is 2.21. The van der Waals surface area contributed by atoms with Crippen LogP contribution in [0.15, 0.2) is 48.5 Å². The molecule has 2 heterocycles. The first kappa shape index (κ1) is 17.7. The van der Waals surface area contributed by atoms with Crippen LogP contribution in [0.3, 0.4) is 0 Å². The highest BCUT2D eigenvalue weighted by molar-refractivity contribution is 7.18. The van der Waals surface area contributed by atoms with E-state index in [1.165, 1.54) is 4.70 Å². The number of carbonyl (C=O) groups is 2. The Morgan fingerprint density at radius 3 is 2.89 bits per heavy atom. The van der Waals surface area contributed by atoms with Crippen LogP contribution < -0.4 is 10.2 Å². The molecule has 27 heavy (non-hydrogen) atoms. The minimum absolute atomic E-state index is 0.0130. The monoisotopic (exact) mass is 379 g/mol. The van der Waals surface area contributed by atoms with Crippen molar-refractivity contribution in [3.63, 3.8) is 0 Å². The third kappa shape index (κ3) is 4.17. The number of para-hydroxylation sites is 1. The van der Waals surface area contributed by atoms with Gasteiger partial charge in [-0.2, -0.15) is 0 Å². The molecule has 2 aromatic carbocycles. The fraction of sp³-hybridized carbons (Fsp3) is 0.286. The molecule has 1 aliphatic heterocycles. The van der Waals surface area contributed by atoms with E-state index in [-0.39, 0.29) is 11.8 Å². The van der Waals surface area contributed by atoms with Crippen molar-refractivity contribution in [3.8, 4) is 0 Å². The number of fused-ring (bicyclic) bond motifs is 1. The zero-order chi connectivity index (χ0) is 18.6. The lowest BCUT2D eigenvalue weighted by atomic mass is 10.2. The van der Waals surface area contributed by atoms with E-state index in [0.717, 1.165) is 47.7 Å². The van der Waals surface area contributed by atoms with E-state index >= 15 is 0 Å². The Kier molecular flexibility index (Phi) is 5.16. The second kappa shape index (κ2) is 7.88. The Hall–Kier alpha value is -2.73. The van der Waals surface area contributed by atoms with Gasteiger partial charge in [-0.15, -0.1) is 11.3 Å². The van der Waals surface area contributed by atoms with Crippen molar-refractivity contribution in [2.75, 3.05) is 16.8 Å². The number of thiazole rings is 1. The van der Waals surface area contributed by atoms with Crippen molar-refractivity contribution in [1.82, 2.24) is 4.98 Å². The number of aryl methyl sites for hydroxylation is 1. The topological polar surface area (TPSA) is 62.3 Å². The van der Waals surface area contributed by atoms with Gasteiger partial charge in [-0.1, -0.05) is 18.2 Å². The number of hydrogen-bond acceptors (Lipinski definition) is 4. The SMILES string of the molecule is O=C(CCCc1nc2ccccc2s1)Nc1cccc(N2CCCC2=O)c1. The molecule has 1 aromatic heterocycles. The molecule has 1 N–H and O–H groups in total. The molecule has 0 radical (unpaired) electrons. The molecule has 1 fully saturated rings. The smallest absolute Gasteiger partial charge is 0.227 e. The summed E-state index contributed by atoms with van der Waals surface area (Å²) in [6.45, 7) is 0.748. The molecule has 0 spiro atoms. The van der Waals surface area contributed by atoms with Gasteiger partial charge in [-0.05, 0) is 49.6 Å². The molecule has 0 unspecified atom stereocenters. The van der Waals surface area contributed by atoms with Gasteiger partial charge in [0.15, 0.2) is 0 Å². The second-order valence-electron chi connectivity index (χ2n) is 6.68. The highest BCUT2D eigenvalue weighted by atomic mass is 32.1. The predicted molar refractivity (Wildman–Crippen MR) is 109 cm³/mol. The Balaban J connectivity index is 1.31. The van der Waals surface area contributed by atoms with Crippen LogP contribution in [0, 0.1) is 0 Å². The van der Waals surface area contributed by atoms with Gasteiger partial charge in [0, 0.05) is 30.8 Å². The largest absolute Gasteiger partial charge is 0.326 e. The number of hydrogen-bond donors (Lipinski definition) is 1. The first-order chi connectivity index (χ1) is 13.2. The molecule has 4 rings (SSSR count). The summed E-state index contributed by atoms with van der Waals surface area (Å²) in [5, 5.41) is 4.01. The average molecular weight is 379 g/mol. The molecular formula is C21H21N3O2S. The van der Waals surface area contributed by atoms with Crippen LogP contribution in [-0.4, -0.2) is 23.3 Å². The Morgan fingerprint density at radius 2 is 2.07 bits per heavy atom. The Labute approximate surface area is 162 Å². The lowest BCUT2D eigenvalue weighted by Gasteiger charge is -2.16. The van der Waals surface area contributed by atoms with E-state index < -0.39 is 0 Å². The Bertz CT molecular complexity index is 949. The molecule has 138 valence electrons. The quantitative estimate of drug-likeness (QED) is 0.691. The minimum atomic E-state index is -0.0130. The van der Waals surface area contributed by atoms with Gasteiger partial charge in [0.2, 0.25) is 11.8 Å². The molecule has 6 heteroatoms. The maximum Gasteiger partial charge on any atom is 0.227 e. The average Bonchev–Trinajstić information content (AvgIpc) is 3.27. The zero-order valence-corrected chi connectivity index (χ0v) is 15.8. The van der Waals surface area contributed by atoms with E-state index in [1.54, 1.807) is 16.2 Å². The lowest BCUT2D eigenvalue weighted by molar-refractivity contribution is -0.117. The van der Waals surface area contributed by atoms with Gasteiger partial charge in [-0.25, -0.2) is 4.98 Å². The molecule has 0 atom stereocenters. The first-order valence-corrected chi connectivity index (χ1v) is 10.1. The minimum Gasteiger partial charge on any atom is -0.326 e.